The zero-order chi connectivity index (χ0) is 17.8. The van der Waals surface area contributed by atoms with Crippen molar-refractivity contribution in [1.29, 1.82) is 0 Å². The standard InChI is InChI=1S/C18H20N6O/c1-18(2,3)10-24-14-7-6-13(20-16(14)22(4)17(24)25)12-5-8-15-21-19-11-23(15)9-12/h5-9,11H,10H2,1-4H3. The van der Waals surface area contributed by atoms with Crippen LogP contribution in [0.3, 0.4) is 0 Å². The number of aromatic nitrogens is 6. The summed E-state index contributed by atoms with van der Waals surface area (Å²) in [6.07, 6.45) is 3.60. The molecule has 0 spiro atoms. The van der Waals surface area contributed by atoms with E-state index in [2.05, 4.69) is 31.0 Å². The third-order valence-electron chi connectivity index (χ3n) is 4.20. The summed E-state index contributed by atoms with van der Waals surface area (Å²) in [6, 6.07) is 7.79. The van der Waals surface area contributed by atoms with Gasteiger partial charge in [-0.1, -0.05) is 20.8 Å². The SMILES string of the molecule is Cn1c(=O)n(CC(C)(C)C)c2ccc(-c3ccc4nncn4c3)nc21. The van der Waals surface area contributed by atoms with Crippen LogP contribution in [0.2, 0.25) is 0 Å². The summed E-state index contributed by atoms with van der Waals surface area (Å²) >= 11 is 0. The van der Waals surface area contributed by atoms with Gasteiger partial charge in [0.1, 0.15) is 6.33 Å². The molecule has 7 heteroatoms. The summed E-state index contributed by atoms with van der Waals surface area (Å²) in [7, 11) is 1.77. The van der Waals surface area contributed by atoms with Crippen LogP contribution in [0.25, 0.3) is 28.1 Å². The van der Waals surface area contributed by atoms with Crippen molar-refractivity contribution in [1.82, 2.24) is 28.7 Å². The Hall–Kier alpha value is -2.96. The molecule has 4 rings (SSSR count). The first kappa shape index (κ1) is 15.6. The molecule has 0 fully saturated rings. The van der Waals surface area contributed by atoms with E-state index >= 15 is 0 Å². The van der Waals surface area contributed by atoms with E-state index in [4.69, 9.17) is 4.98 Å². The lowest BCUT2D eigenvalue weighted by molar-refractivity contribution is 0.342. The topological polar surface area (TPSA) is 70.0 Å². The van der Waals surface area contributed by atoms with Crippen LogP contribution >= 0.6 is 0 Å². The molecular formula is C18H20N6O. The number of hydrogen-bond donors (Lipinski definition) is 0. The van der Waals surface area contributed by atoms with E-state index in [1.165, 1.54) is 0 Å². The van der Waals surface area contributed by atoms with Crippen LogP contribution in [0, 0.1) is 5.41 Å². The number of fused-ring (bicyclic) bond motifs is 2. The number of nitrogens with zero attached hydrogens (tertiary/aromatic N) is 6. The molecule has 0 saturated carbocycles. The first-order chi connectivity index (χ1) is 11.8. The van der Waals surface area contributed by atoms with Crippen LogP contribution in [0.1, 0.15) is 20.8 Å². The maximum absolute atomic E-state index is 12.6. The zero-order valence-electron chi connectivity index (χ0n) is 14.8. The third kappa shape index (κ3) is 2.61. The number of imidazole rings is 1. The molecule has 4 aromatic heterocycles. The maximum atomic E-state index is 12.6. The van der Waals surface area contributed by atoms with Gasteiger partial charge in [-0.05, 0) is 29.7 Å². The van der Waals surface area contributed by atoms with Crippen LogP contribution in [0.5, 0.6) is 0 Å². The minimum atomic E-state index is -0.0381. The zero-order valence-corrected chi connectivity index (χ0v) is 14.8. The van der Waals surface area contributed by atoms with Crippen LogP contribution < -0.4 is 5.69 Å². The van der Waals surface area contributed by atoms with Gasteiger partial charge < -0.3 is 0 Å². The highest BCUT2D eigenvalue weighted by atomic mass is 16.1. The molecule has 0 aliphatic heterocycles. The largest absolute Gasteiger partial charge is 0.330 e. The minimum absolute atomic E-state index is 0.0102. The first-order valence-corrected chi connectivity index (χ1v) is 8.19. The fraction of sp³-hybridized carbons (Fsp3) is 0.333. The first-order valence-electron chi connectivity index (χ1n) is 8.19. The van der Waals surface area contributed by atoms with Gasteiger partial charge in [0.2, 0.25) is 0 Å². The van der Waals surface area contributed by atoms with Gasteiger partial charge in [0.25, 0.3) is 0 Å². The Labute approximate surface area is 144 Å². The van der Waals surface area contributed by atoms with Crippen molar-refractivity contribution in [3.8, 4) is 11.3 Å². The van der Waals surface area contributed by atoms with Gasteiger partial charge in [-0.2, -0.15) is 0 Å². The number of pyridine rings is 2. The van der Waals surface area contributed by atoms with Crippen molar-refractivity contribution < 1.29 is 0 Å². The van der Waals surface area contributed by atoms with Gasteiger partial charge in [0.15, 0.2) is 11.3 Å². The lowest BCUT2D eigenvalue weighted by Gasteiger charge is -2.18. The summed E-state index contributed by atoms with van der Waals surface area (Å²) in [6.45, 7) is 7.01. The Morgan fingerprint density at radius 2 is 1.92 bits per heavy atom. The summed E-state index contributed by atoms with van der Waals surface area (Å²) in [5, 5.41) is 7.90. The molecule has 0 aromatic carbocycles. The average Bonchev–Trinajstić information content (AvgIpc) is 3.12. The van der Waals surface area contributed by atoms with E-state index in [0.29, 0.717) is 12.2 Å². The summed E-state index contributed by atoms with van der Waals surface area (Å²) in [4.78, 5) is 17.4. The molecule has 4 heterocycles. The van der Waals surface area contributed by atoms with E-state index in [0.717, 1.165) is 22.4 Å². The molecule has 0 unspecified atom stereocenters. The predicted molar refractivity (Wildman–Crippen MR) is 96.4 cm³/mol. The molecule has 0 radical (unpaired) electrons. The van der Waals surface area contributed by atoms with E-state index in [9.17, 15) is 4.79 Å². The van der Waals surface area contributed by atoms with Crippen molar-refractivity contribution in [3.05, 3.63) is 47.3 Å². The van der Waals surface area contributed by atoms with E-state index in [1.807, 2.05) is 34.9 Å². The van der Waals surface area contributed by atoms with Crippen LogP contribution in [-0.2, 0) is 13.6 Å². The molecule has 0 saturated heterocycles. The molecule has 128 valence electrons. The Kier molecular flexibility index (Phi) is 3.28. The smallest absolute Gasteiger partial charge is 0.290 e. The van der Waals surface area contributed by atoms with Gasteiger partial charge in [-0.25, -0.2) is 9.78 Å². The van der Waals surface area contributed by atoms with Crippen molar-refractivity contribution in [3.63, 3.8) is 0 Å². The quantitative estimate of drug-likeness (QED) is 0.564. The molecule has 0 aliphatic rings. The summed E-state index contributed by atoms with van der Waals surface area (Å²) in [5.41, 5.74) is 4.07. The maximum Gasteiger partial charge on any atom is 0.330 e. The van der Waals surface area contributed by atoms with Gasteiger partial charge in [-0.15, -0.1) is 10.2 Å². The molecule has 0 amide bonds. The van der Waals surface area contributed by atoms with Crippen LogP contribution in [-0.4, -0.2) is 28.7 Å². The monoisotopic (exact) mass is 336 g/mol. The third-order valence-corrected chi connectivity index (χ3v) is 4.20. The molecular weight excluding hydrogens is 316 g/mol. The predicted octanol–water partition coefficient (Wildman–Crippen LogP) is 2.49. The molecule has 25 heavy (non-hydrogen) atoms. The van der Waals surface area contributed by atoms with Gasteiger partial charge in [-0.3, -0.25) is 13.5 Å². The fourth-order valence-electron chi connectivity index (χ4n) is 3.04. The Morgan fingerprint density at radius 3 is 2.68 bits per heavy atom. The minimum Gasteiger partial charge on any atom is -0.290 e. The molecule has 0 aliphatic carbocycles. The summed E-state index contributed by atoms with van der Waals surface area (Å²) < 4.78 is 5.27. The van der Waals surface area contributed by atoms with E-state index in [-0.39, 0.29) is 11.1 Å². The number of hydrogen-bond acceptors (Lipinski definition) is 4. The second kappa shape index (κ2) is 5.27. The second-order valence-electron chi connectivity index (χ2n) is 7.54. The lowest BCUT2D eigenvalue weighted by atomic mass is 9.97. The molecule has 0 N–H and O–H groups in total. The highest BCUT2D eigenvalue weighted by Gasteiger charge is 2.18. The van der Waals surface area contributed by atoms with E-state index < -0.39 is 0 Å². The Balaban J connectivity index is 1.88. The molecule has 7 nitrogen and oxygen atoms in total. The van der Waals surface area contributed by atoms with Crippen molar-refractivity contribution in [2.75, 3.05) is 0 Å². The highest BCUT2D eigenvalue weighted by Crippen LogP contribution is 2.23. The van der Waals surface area contributed by atoms with Crippen LogP contribution in [0.15, 0.2) is 41.6 Å². The number of aryl methyl sites for hydroxylation is 1. The second-order valence-corrected chi connectivity index (χ2v) is 7.54. The van der Waals surface area contributed by atoms with Crippen molar-refractivity contribution in [2.24, 2.45) is 12.5 Å². The Morgan fingerprint density at radius 1 is 1.12 bits per heavy atom. The lowest BCUT2D eigenvalue weighted by Crippen LogP contribution is -2.27. The fourth-order valence-corrected chi connectivity index (χ4v) is 3.04. The molecule has 0 atom stereocenters. The van der Waals surface area contributed by atoms with Crippen LogP contribution in [0.4, 0.5) is 0 Å². The van der Waals surface area contributed by atoms with Crippen molar-refractivity contribution in [2.45, 2.75) is 27.3 Å². The Bertz CT molecular complexity index is 1140. The van der Waals surface area contributed by atoms with Gasteiger partial charge in [0, 0.05) is 25.4 Å². The average molecular weight is 336 g/mol. The van der Waals surface area contributed by atoms with Gasteiger partial charge >= 0.3 is 5.69 Å². The number of rotatable bonds is 2. The van der Waals surface area contributed by atoms with E-state index in [1.54, 1.807) is 22.5 Å². The molecule has 0 bridgehead atoms. The van der Waals surface area contributed by atoms with Gasteiger partial charge in [0.05, 0.1) is 11.2 Å². The van der Waals surface area contributed by atoms with Crippen molar-refractivity contribution >= 4 is 16.8 Å². The highest BCUT2D eigenvalue weighted by molar-refractivity contribution is 5.76. The molecule has 4 aromatic rings. The normalized spacial score (nSPS) is 12.3. The summed E-state index contributed by atoms with van der Waals surface area (Å²) in [5.74, 6) is 0.